The van der Waals surface area contributed by atoms with Crippen LogP contribution in [-0.2, 0) is 28.8 Å². The predicted octanol–water partition coefficient (Wildman–Crippen LogP) is 16.4. The van der Waals surface area contributed by atoms with Gasteiger partial charge < -0.3 is 40.4 Å². The molecule has 22 heteroatoms. The van der Waals surface area contributed by atoms with Gasteiger partial charge in [0, 0.05) is 132 Å². The highest BCUT2D eigenvalue weighted by molar-refractivity contribution is 5.85. The lowest BCUT2D eigenvalue weighted by atomic mass is 9.63. The van der Waals surface area contributed by atoms with Gasteiger partial charge in [0.05, 0.1) is 23.4 Å². The van der Waals surface area contributed by atoms with Gasteiger partial charge in [-0.05, 0) is 272 Å². The average molecular weight is 1560 g/mol. The normalized spacial score (nSPS) is 23.7. The van der Waals surface area contributed by atoms with Gasteiger partial charge in [-0.3, -0.25) is 33.7 Å². The molecule has 0 bridgehead atoms. The first-order chi connectivity index (χ1) is 52.9. The Kier molecular flexibility index (Phi) is 28.9. The molecule has 3 N–H and O–H groups in total. The first kappa shape index (κ1) is 86.7. The van der Waals surface area contributed by atoms with E-state index in [2.05, 4.69) is 86.0 Å². The molecule has 7 fully saturated rings. The summed E-state index contributed by atoms with van der Waals surface area (Å²) in [4.78, 5) is 90.9. The lowest BCUT2D eigenvalue weighted by Gasteiger charge is -2.49. The number of hydrogen-bond acceptors (Lipinski definition) is 9. The number of carbonyl (C=O) groups is 6. The Morgan fingerprint density at radius 3 is 1.35 bits per heavy atom. The van der Waals surface area contributed by atoms with Crippen LogP contribution >= 0.6 is 0 Å². The predicted molar refractivity (Wildman–Crippen MR) is 424 cm³/mol. The Bertz CT molecular complexity index is 4080. The molecule has 9 atom stereocenters. The monoisotopic (exact) mass is 1560 g/mol. The number of hydrogen-bond donors (Lipinski definition) is 3. The summed E-state index contributed by atoms with van der Waals surface area (Å²) in [5.41, 5.74) is 4.50. The van der Waals surface area contributed by atoms with Crippen LogP contribution < -0.4 is 16.0 Å². The van der Waals surface area contributed by atoms with Crippen LogP contribution in [-0.4, -0.2) is 168 Å². The average Bonchev–Trinajstić information content (AvgIpc) is 1.06. The second-order valence-corrected chi connectivity index (χ2v) is 35.7. The first-order valence-electron chi connectivity index (χ1n) is 41.0. The van der Waals surface area contributed by atoms with Gasteiger partial charge in [0.1, 0.15) is 40.7 Å². The molecule has 2 aliphatic carbocycles. The molecular weight excluding hydrogens is 1440 g/mol. The van der Waals surface area contributed by atoms with Crippen LogP contribution in [0.2, 0.25) is 0 Å². The minimum Gasteiger partial charge on any atom is -0.351 e. The lowest BCUT2D eigenvalue weighted by molar-refractivity contribution is -0.149. The van der Waals surface area contributed by atoms with Crippen molar-refractivity contribution in [3.05, 3.63) is 177 Å². The third-order valence-electron chi connectivity index (χ3n) is 25.5. The first-order valence-corrected chi connectivity index (χ1v) is 41.0. The van der Waals surface area contributed by atoms with Crippen LogP contribution in [0.25, 0.3) is 0 Å². The highest BCUT2D eigenvalue weighted by Gasteiger charge is 2.51. The largest absolute Gasteiger partial charge is 0.351 e. The van der Waals surface area contributed by atoms with Crippen molar-refractivity contribution in [3.8, 4) is 0 Å². The Hall–Kier alpha value is -7.69. The third-order valence-corrected chi connectivity index (χ3v) is 25.5. The third kappa shape index (κ3) is 21.2. The van der Waals surface area contributed by atoms with Crippen LogP contribution in [0.1, 0.15) is 254 Å². The molecule has 6 amide bonds. The summed E-state index contributed by atoms with van der Waals surface area (Å²) in [6, 6.07) is 23.3. The summed E-state index contributed by atoms with van der Waals surface area (Å²) in [5.74, 6) is -4.19. The lowest BCUT2D eigenvalue weighted by Crippen LogP contribution is -2.58. The molecule has 15 nitrogen and oxygen atoms in total. The van der Waals surface area contributed by atoms with Crippen molar-refractivity contribution in [1.82, 2.24) is 45.3 Å². The molecule has 5 aromatic rings. The number of rotatable bonds is 16. The zero-order chi connectivity index (χ0) is 81.4. The molecule has 612 valence electrons. The molecule has 0 aromatic heterocycles. The SMILES string of the molecule is CC(=O)N[C@H](C)c1cc(F)ccc1C1CCN(C(=O)C2CN(C(C)(C)C)C[C@H]2c2ccc(F)cc2F)CC1.CC(=O)N[C@H](C)c1cc(F)ccc1C1CCN(C(=O)C2C[C@H](N(C)C)C[C@H]2c2ccc(F)cc2F)CC1.CC(C)N1CCC(C(=O)N2CCC(C(=O)NC(C)(C)C)(C3CCCCC3)CC2)C(c2ccc(F)cc2)C1. The zero-order valence-corrected chi connectivity index (χ0v) is 68.5. The minimum atomic E-state index is -0.630. The van der Waals surface area contributed by atoms with Crippen molar-refractivity contribution >= 4 is 35.4 Å². The van der Waals surface area contributed by atoms with E-state index in [1.54, 1.807) is 12.1 Å². The molecule has 12 rings (SSSR count). The molecule has 5 aliphatic heterocycles. The van der Waals surface area contributed by atoms with Crippen molar-refractivity contribution in [2.45, 2.75) is 238 Å². The summed E-state index contributed by atoms with van der Waals surface area (Å²) in [6.45, 7) is 29.6. The molecule has 5 saturated heterocycles. The highest BCUT2D eigenvalue weighted by Crippen LogP contribution is 2.49. The number of likely N-dealkylation sites (tertiary alicyclic amines) is 5. The molecule has 7 aliphatic rings. The van der Waals surface area contributed by atoms with Gasteiger partial charge in [-0.2, -0.15) is 0 Å². The van der Waals surface area contributed by atoms with E-state index in [1.165, 1.54) is 93.8 Å². The molecule has 5 heterocycles. The molecule has 2 saturated carbocycles. The smallest absolute Gasteiger partial charge is 0.227 e. The van der Waals surface area contributed by atoms with E-state index in [1.807, 2.05) is 54.8 Å². The van der Waals surface area contributed by atoms with Crippen LogP contribution in [0.4, 0.5) is 30.7 Å². The second kappa shape index (κ2) is 37.3. The number of piperidine rings is 4. The Labute approximate surface area is 660 Å². The number of benzene rings is 5. The van der Waals surface area contributed by atoms with Gasteiger partial charge in [-0.25, -0.2) is 30.7 Å². The number of halogens is 7. The Balaban J connectivity index is 0.000000178. The van der Waals surface area contributed by atoms with Crippen molar-refractivity contribution < 1.29 is 59.5 Å². The van der Waals surface area contributed by atoms with Crippen LogP contribution in [0, 0.1) is 69.8 Å². The zero-order valence-electron chi connectivity index (χ0n) is 68.5. The van der Waals surface area contributed by atoms with Gasteiger partial charge in [-0.1, -0.05) is 55.7 Å². The highest BCUT2D eigenvalue weighted by atomic mass is 19.2. The van der Waals surface area contributed by atoms with Crippen molar-refractivity contribution in [2.24, 2.45) is 29.1 Å². The van der Waals surface area contributed by atoms with Gasteiger partial charge in [-0.15, -0.1) is 0 Å². The van der Waals surface area contributed by atoms with Gasteiger partial charge in [0.25, 0.3) is 0 Å². The molecule has 0 spiro atoms. The van der Waals surface area contributed by atoms with Crippen LogP contribution in [0.3, 0.4) is 0 Å². The maximum absolute atomic E-state index is 14.8. The second-order valence-electron chi connectivity index (χ2n) is 35.7. The van der Waals surface area contributed by atoms with E-state index >= 15 is 0 Å². The number of nitrogens with one attached hydrogen (secondary N) is 3. The molecular formula is C90H122F7N9O6. The Morgan fingerprint density at radius 1 is 0.464 bits per heavy atom. The van der Waals surface area contributed by atoms with E-state index < -0.39 is 29.2 Å². The van der Waals surface area contributed by atoms with E-state index in [4.69, 9.17) is 0 Å². The molecule has 4 unspecified atom stereocenters. The van der Waals surface area contributed by atoms with E-state index in [0.29, 0.717) is 101 Å². The van der Waals surface area contributed by atoms with E-state index in [9.17, 15) is 59.5 Å². The molecule has 112 heavy (non-hydrogen) atoms. The maximum Gasteiger partial charge on any atom is 0.227 e. The number of nitrogens with zero attached hydrogens (tertiary/aromatic N) is 6. The molecule has 0 radical (unpaired) electrons. The maximum atomic E-state index is 14.8. The number of carbonyl (C=O) groups excluding carboxylic acids is 6. The number of amides is 6. The fourth-order valence-electron chi connectivity index (χ4n) is 19.3. The van der Waals surface area contributed by atoms with Crippen LogP contribution in [0.15, 0.2) is 97.1 Å². The fourth-order valence-corrected chi connectivity index (χ4v) is 19.3. The van der Waals surface area contributed by atoms with Crippen molar-refractivity contribution in [3.63, 3.8) is 0 Å². The van der Waals surface area contributed by atoms with E-state index in [0.717, 1.165) is 98.0 Å². The quantitative estimate of drug-likeness (QED) is 0.0818. The van der Waals surface area contributed by atoms with Crippen molar-refractivity contribution in [2.75, 3.05) is 79.5 Å². The van der Waals surface area contributed by atoms with Gasteiger partial charge in [0.2, 0.25) is 35.4 Å². The standard InChI is InChI=1S/C31H48FN3O2.C30H38F3N3O2.C29H36F3N3O2/c1-22(2)35-18-15-26(27(21-35)23-11-13-25(32)14-12-23)28(36)34-19-16-31(17-20-34,24-9-7-6-8-10-24)29(37)33-30(3,4)5;1-18(34-19(2)37)25-14-21(31)6-8-23(25)20-10-12-35(13-11-20)29(38)27-17-36(30(3,4)5)16-26(27)24-9-7-22(32)15-28(24)33;1-17(33-18(2)36)25-13-20(30)5-7-23(25)19-9-11-35(12-10-19)29(37)27-16-22(34(3)4)15-26(27)24-8-6-21(31)14-28(24)32/h11-14,22,24,26-27H,6-10,15-21H2,1-5H3,(H,33,37);6-9,14-15,18,20,26-27H,10-13,16-17H2,1-5H3,(H,34,37);5-8,13-14,17,19,22,26-27H,9-12,15-16H2,1-4H3,(H,33,36)/t;18-,26+,27?;17-,22-,26+,27?/m.11/s1. The summed E-state index contributed by atoms with van der Waals surface area (Å²) in [5, 5.41) is 8.99. The van der Waals surface area contributed by atoms with Gasteiger partial charge >= 0.3 is 0 Å². The summed E-state index contributed by atoms with van der Waals surface area (Å²) >= 11 is 0. The summed E-state index contributed by atoms with van der Waals surface area (Å²) in [7, 11) is 3.92. The fraction of sp³-hybridized carbons (Fsp3) is 0.600. The van der Waals surface area contributed by atoms with Crippen molar-refractivity contribution in [1.29, 1.82) is 0 Å². The topological polar surface area (TPSA) is 158 Å². The minimum absolute atomic E-state index is 0.00475. The van der Waals surface area contributed by atoms with Crippen LogP contribution in [0.5, 0.6) is 0 Å². The van der Waals surface area contributed by atoms with Gasteiger partial charge in [0.15, 0.2) is 0 Å². The molecule has 5 aromatic carbocycles. The van der Waals surface area contributed by atoms with E-state index in [-0.39, 0.29) is 129 Å². The summed E-state index contributed by atoms with van der Waals surface area (Å²) in [6.07, 6.45) is 12.3. The Morgan fingerprint density at radius 2 is 0.902 bits per heavy atom. The summed E-state index contributed by atoms with van der Waals surface area (Å²) < 4.78 is 98.5.